The Kier molecular flexibility index (Phi) is 6.44. The summed E-state index contributed by atoms with van der Waals surface area (Å²) in [7, 11) is 0. The largest absolute Gasteiger partial charge is 0.324 e. The zero-order valence-electron chi connectivity index (χ0n) is 16.6. The SMILES string of the molecule is CCn1c(SC(C)C(=O)Nc2ccc(Cl)cc2Cl)nc2sc3c(c2c1=O)CCCC3. The van der Waals surface area contributed by atoms with Gasteiger partial charge < -0.3 is 5.32 Å². The number of rotatable bonds is 5. The summed E-state index contributed by atoms with van der Waals surface area (Å²) >= 11 is 15.0. The zero-order chi connectivity index (χ0) is 21.4. The molecule has 0 saturated carbocycles. The molecule has 0 fully saturated rings. The molecule has 30 heavy (non-hydrogen) atoms. The average Bonchev–Trinajstić information content (AvgIpc) is 3.08. The molecule has 1 atom stereocenters. The molecular formula is C21H21Cl2N3O2S2. The molecule has 0 aliphatic heterocycles. The summed E-state index contributed by atoms with van der Waals surface area (Å²) in [4.78, 5) is 32.8. The van der Waals surface area contributed by atoms with Gasteiger partial charge in [-0.1, -0.05) is 35.0 Å². The predicted molar refractivity (Wildman–Crippen MR) is 127 cm³/mol. The maximum absolute atomic E-state index is 13.2. The van der Waals surface area contributed by atoms with Crippen LogP contribution in [-0.2, 0) is 24.2 Å². The first kappa shape index (κ1) is 21.7. The van der Waals surface area contributed by atoms with Crippen LogP contribution in [0, 0.1) is 0 Å². The van der Waals surface area contributed by atoms with Gasteiger partial charge in [-0.25, -0.2) is 4.98 Å². The molecule has 158 valence electrons. The van der Waals surface area contributed by atoms with Crippen molar-refractivity contribution in [2.45, 2.75) is 56.5 Å². The van der Waals surface area contributed by atoms with Gasteiger partial charge in [-0.15, -0.1) is 11.3 Å². The second kappa shape index (κ2) is 8.91. The highest BCUT2D eigenvalue weighted by molar-refractivity contribution is 8.00. The van der Waals surface area contributed by atoms with Crippen LogP contribution in [0.5, 0.6) is 0 Å². The number of carbonyl (C=O) groups is 1. The van der Waals surface area contributed by atoms with Gasteiger partial charge in [-0.2, -0.15) is 0 Å². The summed E-state index contributed by atoms with van der Waals surface area (Å²) in [6.07, 6.45) is 4.24. The van der Waals surface area contributed by atoms with E-state index in [0.717, 1.165) is 35.9 Å². The normalized spacial score (nSPS) is 14.5. The van der Waals surface area contributed by atoms with E-state index in [-0.39, 0.29) is 11.5 Å². The Morgan fingerprint density at radius 2 is 2.10 bits per heavy atom. The van der Waals surface area contributed by atoms with Gasteiger partial charge in [0.05, 0.1) is 21.3 Å². The molecule has 2 aromatic heterocycles. The molecular weight excluding hydrogens is 461 g/mol. The highest BCUT2D eigenvalue weighted by Gasteiger charge is 2.24. The van der Waals surface area contributed by atoms with Crippen molar-refractivity contribution in [1.82, 2.24) is 9.55 Å². The van der Waals surface area contributed by atoms with Gasteiger partial charge in [-0.05, 0) is 63.3 Å². The minimum Gasteiger partial charge on any atom is -0.324 e. The smallest absolute Gasteiger partial charge is 0.263 e. The fourth-order valence-electron chi connectivity index (χ4n) is 3.63. The second-order valence-corrected chi connectivity index (χ2v) is 10.4. The molecule has 2 heterocycles. The molecule has 5 nitrogen and oxygen atoms in total. The highest BCUT2D eigenvalue weighted by atomic mass is 35.5. The Labute approximate surface area is 192 Å². The van der Waals surface area contributed by atoms with E-state index in [2.05, 4.69) is 5.32 Å². The van der Waals surface area contributed by atoms with Gasteiger partial charge in [0.15, 0.2) is 5.16 Å². The van der Waals surface area contributed by atoms with Crippen molar-refractivity contribution in [1.29, 1.82) is 0 Å². The van der Waals surface area contributed by atoms with E-state index >= 15 is 0 Å². The Morgan fingerprint density at radius 3 is 2.83 bits per heavy atom. The molecule has 0 spiro atoms. The molecule has 1 unspecified atom stereocenters. The third-order valence-corrected chi connectivity index (χ3v) is 8.02. The number of carbonyl (C=O) groups excluding carboxylic acids is 1. The number of aromatic nitrogens is 2. The van der Waals surface area contributed by atoms with Crippen LogP contribution in [0.1, 0.15) is 37.1 Å². The van der Waals surface area contributed by atoms with E-state index < -0.39 is 5.25 Å². The monoisotopic (exact) mass is 481 g/mol. The molecule has 9 heteroatoms. The van der Waals surface area contributed by atoms with Gasteiger partial charge in [0.25, 0.3) is 5.56 Å². The average molecular weight is 482 g/mol. The molecule has 1 N–H and O–H groups in total. The summed E-state index contributed by atoms with van der Waals surface area (Å²) < 4.78 is 1.67. The van der Waals surface area contributed by atoms with Crippen LogP contribution in [0.4, 0.5) is 5.69 Å². The van der Waals surface area contributed by atoms with Crippen LogP contribution >= 0.6 is 46.3 Å². The van der Waals surface area contributed by atoms with Gasteiger partial charge in [0.1, 0.15) is 4.83 Å². The van der Waals surface area contributed by atoms with E-state index in [1.807, 2.05) is 6.92 Å². The Balaban J connectivity index is 1.62. The van der Waals surface area contributed by atoms with Crippen LogP contribution in [0.25, 0.3) is 10.2 Å². The van der Waals surface area contributed by atoms with Crippen molar-refractivity contribution in [3.8, 4) is 0 Å². The molecule has 0 bridgehead atoms. The van der Waals surface area contributed by atoms with Crippen molar-refractivity contribution < 1.29 is 4.79 Å². The number of nitrogens with zero attached hydrogens (tertiary/aromatic N) is 2. The summed E-state index contributed by atoms with van der Waals surface area (Å²) in [5, 5.41) is 4.58. The fourth-order valence-corrected chi connectivity index (χ4v) is 6.36. The number of hydrogen-bond acceptors (Lipinski definition) is 5. The number of anilines is 1. The molecule has 1 aliphatic carbocycles. The van der Waals surface area contributed by atoms with Crippen molar-refractivity contribution in [3.63, 3.8) is 0 Å². The van der Waals surface area contributed by atoms with Crippen LogP contribution < -0.4 is 10.9 Å². The van der Waals surface area contributed by atoms with E-state index in [9.17, 15) is 9.59 Å². The number of aryl methyl sites for hydroxylation is 2. The Morgan fingerprint density at radius 1 is 1.33 bits per heavy atom. The van der Waals surface area contributed by atoms with Crippen molar-refractivity contribution in [2.24, 2.45) is 0 Å². The fraction of sp³-hybridized carbons (Fsp3) is 0.381. The molecule has 3 aromatic rings. The standard InChI is InChI=1S/C21H21Cl2N3O2S2/c1-3-26-20(28)17-13-6-4-5-7-16(13)30-19(17)25-21(26)29-11(2)18(27)24-15-9-8-12(22)10-14(15)23/h8-11H,3-7H2,1-2H3,(H,24,27). The molecule has 1 aliphatic rings. The van der Waals surface area contributed by atoms with Crippen molar-refractivity contribution in [2.75, 3.05) is 5.32 Å². The number of thiophene rings is 1. The minimum atomic E-state index is -0.464. The van der Waals surface area contributed by atoms with Crippen LogP contribution in [0.15, 0.2) is 28.2 Å². The second-order valence-electron chi connectivity index (χ2n) is 7.21. The van der Waals surface area contributed by atoms with E-state index in [4.69, 9.17) is 28.2 Å². The number of nitrogens with one attached hydrogen (secondary N) is 1. The predicted octanol–water partition coefficient (Wildman–Crippen LogP) is 5.78. The van der Waals surface area contributed by atoms with Crippen LogP contribution in [0.2, 0.25) is 10.0 Å². The van der Waals surface area contributed by atoms with Gasteiger partial charge in [0.2, 0.25) is 5.91 Å². The zero-order valence-corrected chi connectivity index (χ0v) is 19.8. The topological polar surface area (TPSA) is 64.0 Å². The van der Waals surface area contributed by atoms with E-state index in [0.29, 0.717) is 27.4 Å². The molecule has 4 rings (SSSR count). The third-order valence-electron chi connectivity index (χ3n) is 5.20. The Bertz CT molecular complexity index is 1190. The molecule has 0 saturated heterocycles. The molecule has 1 amide bonds. The quantitative estimate of drug-likeness (QED) is 0.370. The van der Waals surface area contributed by atoms with Gasteiger partial charge >= 0.3 is 0 Å². The summed E-state index contributed by atoms with van der Waals surface area (Å²) in [5.74, 6) is -0.216. The lowest BCUT2D eigenvalue weighted by molar-refractivity contribution is -0.115. The maximum Gasteiger partial charge on any atom is 0.263 e. The molecule has 1 aromatic carbocycles. The van der Waals surface area contributed by atoms with Crippen molar-refractivity contribution in [3.05, 3.63) is 49.0 Å². The molecule has 0 radical (unpaired) electrons. The first-order valence-corrected chi connectivity index (χ1v) is 12.3. The summed E-state index contributed by atoms with van der Waals surface area (Å²) in [6, 6.07) is 4.92. The summed E-state index contributed by atoms with van der Waals surface area (Å²) in [5.41, 5.74) is 1.68. The number of benzene rings is 1. The summed E-state index contributed by atoms with van der Waals surface area (Å²) in [6.45, 7) is 4.22. The van der Waals surface area contributed by atoms with E-state index in [1.165, 1.54) is 22.2 Å². The Hall–Kier alpha value is -1.54. The van der Waals surface area contributed by atoms with Gasteiger partial charge in [-0.3, -0.25) is 14.2 Å². The lowest BCUT2D eigenvalue weighted by Gasteiger charge is -2.16. The number of thioether (sulfide) groups is 1. The highest BCUT2D eigenvalue weighted by Crippen LogP contribution is 2.35. The first-order valence-electron chi connectivity index (χ1n) is 9.86. The maximum atomic E-state index is 13.2. The third kappa shape index (κ3) is 4.13. The lowest BCUT2D eigenvalue weighted by Crippen LogP contribution is -2.26. The van der Waals surface area contributed by atoms with Crippen LogP contribution in [-0.4, -0.2) is 20.7 Å². The number of halogens is 2. The first-order chi connectivity index (χ1) is 14.4. The lowest BCUT2D eigenvalue weighted by atomic mass is 9.97. The van der Waals surface area contributed by atoms with E-state index in [1.54, 1.807) is 41.0 Å². The van der Waals surface area contributed by atoms with Crippen molar-refractivity contribution >= 4 is 68.1 Å². The minimum absolute atomic E-state index is 0.00208. The number of amides is 1. The van der Waals surface area contributed by atoms with Crippen LogP contribution in [0.3, 0.4) is 0 Å². The van der Waals surface area contributed by atoms with Gasteiger partial charge in [0, 0.05) is 16.4 Å². The number of fused-ring (bicyclic) bond motifs is 3. The number of hydrogen-bond donors (Lipinski definition) is 1.